The lowest BCUT2D eigenvalue weighted by atomic mass is 9.74. The molecule has 1 N–H and O–H groups in total. The van der Waals surface area contributed by atoms with Crippen molar-refractivity contribution in [3.8, 4) is 11.8 Å². The summed E-state index contributed by atoms with van der Waals surface area (Å²) in [6.07, 6.45) is -1.88. The summed E-state index contributed by atoms with van der Waals surface area (Å²) in [6.45, 7) is 0. The molecule has 1 amide bonds. The fraction of sp³-hybridized carbons (Fsp3) is 0.250. The lowest BCUT2D eigenvalue weighted by Gasteiger charge is -2.43. The molecule has 0 aliphatic heterocycles. The first kappa shape index (κ1) is 19.8. The quantitative estimate of drug-likeness (QED) is 0.625. The van der Waals surface area contributed by atoms with Crippen molar-refractivity contribution in [3.63, 3.8) is 0 Å². The predicted molar refractivity (Wildman–Crippen MR) is 97.0 cm³/mol. The van der Waals surface area contributed by atoms with Crippen molar-refractivity contribution in [1.29, 1.82) is 5.26 Å². The fourth-order valence-corrected chi connectivity index (χ4v) is 3.42. The third-order valence-electron chi connectivity index (χ3n) is 5.05. The molecule has 30 heavy (non-hydrogen) atoms. The van der Waals surface area contributed by atoms with Gasteiger partial charge in [-0.15, -0.1) is 0 Å². The topological polar surface area (TPSA) is 70.7 Å². The molecule has 1 saturated carbocycles. The average molecular weight is 420 g/mol. The lowest BCUT2D eigenvalue weighted by molar-refractivity contribution is -0.313. The van der Waals surface area contributed by atoms with Crippen LogP contribution in [0, 0.1) is 23.1 Å². The Hall–Kier alpha value is -3.48. The van der Waals surface area contributed by atoms with Gasteiger partial charge < -0.3 is 0 Å². The van der Waals surface area contributed by atoms with Crippen molar-refractivity contribution in [2.24, 2.45) is 5.92 Å². The maximum absolute atomic E-state index is 13.5. The second-order valence-electron chi connectivity index (χ2n) is 7.04. The number of carbonyl (C=O) groups is 1. The Morgan fingerprint density at radius 3 is 2.50 bits per heavy atom. The number of halogens is 5. The van der Waals surface area contributed by atoms with E-state index in [0.717, 1.165) is 0 Å². The zero-order valence-electron chi connectivity index (χ0n) is 15.2. The zero-order chi connectivity index (χ0) is 21.7. The second-order valence-corrected chi connectivity index (χ2v) is 7.04. The molecular formula is C20H13F5N4O. The fourth-order valence-electron chi connectivity index (χ4n) is 3.42. The summed E-state index contributed by atoms with van der Waals surface area (Å²) in [5, 5.41) is 11.5. The molecule has 1 heterocycles. The van der Waals surface area contributed by atoms with Gasteiger partial charge in [-0.25, -0.2) is 9.37 Å². The molecule has 3 aromatic rings. The molecular weight excluding hydrogens is 407 g/mol. The summed E-state index contributed by atoms with van der Waals surface area (Å²) >= 11 is 0. The van der Waals surface area contributed by atoms with Crippen LogP contribution < -0.4 is 5.32 Å². The van der Waals surface area contributed by atoms with Crippen LogP contribution in [0.1, 0.15) is 18.4 Å². The molecule has 2 aromatic carbocycles. The number of benzene rings is 2. The molecule has 10 heteroatoms. The molecule has 1 unspecified atom stereocenters. The molecule has 154 valence electrons. The SMILES string of the molecule is N#Cc1ccc2nc(NC(=O)CC3CC(F)(F)C3(F)F)n(-c3ccc(F)cc3)c2c1. The minimum absolute atomic E-state index is 0.0638. The van der Waals surface area contributed by atoms with Gasteiger partial charge in [-0.3, -0.25) is 14.7 Å². The van der Waals surface area contributed by atoms with E-state index < -0.39 is 42.3 Å². The smallest absolute Gasteiger partial charge is 0.296 e. The summed E-state index contributed by atoms with van der Waals surface area (Å²) in [7, 11) is 0. The molecule has 1 aliphatic rings. The van der Waals surface area contributed by atoms with Crippen molar-refractivity contribution in [1.82, 2.24) is 9.55 Å². The molecule has 5 nitrogen and oxygen atoms in total. The van der Waals surface area contributed by atoms with Crippen LogP contribution in [0.5, 0.6) is 0 Å². The minimum Gasteiger partial charge on any atom is -0.296 e. The van der Waals surface area contributed by atoms with E-state index in [1.165, 1.54) is 47.0 Å². The third kappa shape index (κ3) is 3.16. The Balaban J connectivity index is 1.68. The number of nitriles is 1. The Kier molecular flexibility index (Phi) is 4.49. The van der Waals surface area contributed by atoms with Crippen molar-refractivity contribution in [2.45, 2.75) is 24.7 Å². The summed E-state index contributed by atoms with van der Waals surface area (Å²) < 4.78 is 67.8. The van der Waals surface area contributed by atoms with Gasteiger partial charge in [0, 0.05) is 24.4 Å². The minimum atomic E-state index is -4.25. The van der Waals surface area contributed by atoms with Gasteiger partial charge in [-0.2, -0.15) is 22.8 Å². The molecule has 4 rings (SSSR count). The van der Waals surface area contributed by atoms with E-state index in [1.54, 1.807) is 0 Å². The van der Waals surface area contributed by atoms with Gasteiger partial charge in [0.15, 0.2) is 0 Å². The molecule has 0 saturated heterocycles. The summed E-state index contributed by atoms with van der Waals surface area (Å²) in [4.78, 5) is 16.5. The van der Waals surface area contributed by atoms with E-state index in [0.29, 0.717) is 22.3 Å². The number of aromatic nitrogens is 2. The van der Waals surface area contributed by atoms with Gasteiger partial charge in [0.1, 0.15) is 5.82 Å². The monoisotopic (exact) mass is 420 g/mol. The third-order valence-corrected chi connectivity index (χ3v) is 5.05. The van der Waals surface area contributed by atoms with E-state index >= 15 is 0 Å². The number of hydrogen-bond acceptors (Lipinski definition) is 3. The van der Waals surface area contributed by atoms with E-state index in [2.05, 4.69) is 10.3 Å². The Labute approximate surface area is 166 Å². The van der Waals surface area contributed by atoms with Crippen molar-refractivity contribution >= 4 is 22.9 Å². The van der Waals surface area contributed by atoms with E-state index in [1.807, 2.05) is 6.07 Å². The van der Waals surface area contributed by atoms with E-state index in [-0.39, 0.29) is 5.95 Å². The molecule has 1 fully saturated rings. The number of nitrogens with one attached hydrogen (secondary N) is 1. The van der Waals surface area contributed by atoms with Gasteiger partial charge in [0.25, 0.3) is 0 Å². The number of carbonyl (C=O) groups excluding carboxylic acids is 1. The van der Waals surface area contributed by atoms with Crippen LogP contribution in [0.25, 0.3) is 16.7 Å². The van der Waals surface area contributed by atoms with Crippen LogP contribution in [0.3, 0.4) is 0 Å². The standard InChI is InChI=1S/C20H13F5N4O/c21-13-2-4-14(5-3-13)29-16-7-11(10-26)1-6-15(16)27-18(29)28-17(30)8-12-9-19(22,23)20(12,24)25/h1-7,12H,8-9H2,(H,27,28,30). The molecule has 0 bridgehead atoms. The number of rotatable bonds is 4. The number of alkyl halides is 4. The highest BCUT2D eigenvalue weighted by Gasteiger charge is 2.71. The van der Waals surface area contributed by atoms with Crippen molar-refractivity contribution in [2.75, 3.05) is 5.32 Å². The number of nitrogens with zero attached hydrogens (tertiary/aromatic N) is 3. The van der Waals surface area contributed by atoms with Crippen molar-refractivity contribution in [3.05, 3.63) is 53.8 Å². The van der Waals surface area contributed by atoms with E-state index in [4.69, 9.17) is 5.26 Å². The Bertz CT molecular complexity index is 1180. The first-order valence-corrected chi connectivity index (χ1v) is 8.86. The Morgan fingerprint density at radius 2 is 1.90 bits per heavy atom. The van der Waals surface area contributed by atoms with Crippen LogP contribution in [0.4, 0.5) is 27.9 Å². The Morgan fingerprint density at radius 1 is 1.20 bits per heavy atom. The highest BCUT2D eigenvalue weighted by Crippen LogP contribution is 2.56. The van der Waals surface area contributed by atoms with E-state index in [9.17, 15) is 26.7 Å². The van der Waals surface area contributed by atoms with Crippen LogP contribution in [-0.2, 0) is 4.79 Å². The number of fused-ring (bicyclic) bond motifs is 1. The lowest BCUT2D eigenvalue weighted by Crippen LogP contribution is -2.59. The number of amides is 1. The number of imidazole rings is 1. The van der Waals surface area contributed by atoms with Crippen molar-refractivity contribution < 1.29 is 26.7 Å². The maximum Gasteiger partial charge on any atom is 0.313 e. The highest BCUT2D eigenvalue weighted by atomic mass is 19.3. The molecule has 0 spiro atoms. The first-order chi connectivity index (χ1) is 14.1. The maximum atomic E-state index is 13.5. The second kappa shape index (κ2) is 6.79. The summed E-state index contributed by atoms with van der Waals surface area (Å²) in [5.74, 6) is -11.6. The van der Waals surface area contributed by atoms with Gasteiger partial charge in [0.05, 0.1) is 22.7 Å². The normalized spacial score (nSPS) is 19.1. The molecule has 1 atom stereocenters. The van der Waals surface area contributed by atoms with Gasteiger partial charge in [-0.1, -0.05) is 0 Å². The number of anilines is 1. The zero-order valence-corrected chi connectivity index (χ0v) is 15.2. The van der Waals surface area contributed by atoms with Crippen LogP contribution in [-0.4, -0.2) is 27.3 Å². The van der Waals surface area contributed by atoms with Gasteiger partial charge in [0.2, 0.25) is 11.9 Å². The van der Waals surface area contributed by atoms with Gasteiger partial charge in [-0.05, 0) is 42.5 Å². The predicted octanol–water partition coefficient (Wildman–Crippen LogP) is 4.66. The largest absolute Gasteiger partial charge is 0.313 e. The van der Waals surface area contributed by atoms with Gasteiger partial charge >= 0.3 is 11.8 Å². The van der Waals surface area contributed by atoms with Crippen LogP contribution in [0.15, 0.2) is 42.5 Å². The summed E-state index contributed by atoms with van der Waals surface area (Å²) in [6, 6.07) is 11.7. The highest BCUT2D eigenvalue weighted by molar-refractivity contribution is 5.93. The molecule has 1 aliphatic carbocycles. The number of hydrogen-bond donors (Lipinski definition) is 1. The first-order valence-electron chi connectivity index (χ1n) is 8.86. The molecule has 1 aromatic heterocycles. The van der Waals surface area contributed by atoms with Crippen LogP contribution >= 0.6 is 0 Å². The molecule has 0 radical (unpaired) electrons. The summed E-state index contributed by atoms with van der Waals surface area (Å²) in [5.41, 5.74) is 1.50. The van der Waals surface area contributed by atoms with Crippen LogP contribution in [0.2, 0.25) is 0 Å². The average Bonchev–Trinajstić information content (AvgIpc) is 3.04.